The molecule has 184 valence electrons. The topological polar surface area (TPSA) is 73.9 Å². The van der Waals surface area contributed by atoms with Gasteiger partial charge in [0, 0.05) is 36.6 Å². The van der Waals surface area contributed by atoms with Crippen molar-refractivity contribution in [1.82, 2.24) is 4.90 Å². The second-order valence-electron chi connectivity index (χ2n) is 8.37. The Labute approximate surface area is 212 Å². The lowest BCUT2D eigenvalue weighted by Gasteiger charge is -2.23. The van der Waals surface area contributed by atoms with Crippen LogP contribution < -0.4 is 20.3 Å². The van der Waals surface area contributed by atoms with Gasteiger partial charge in [0.2, 0.25) is 0 Å². The minimum atomic E-state index is -0.303. The van der Waals surface area contributed by atoms with E-state index >= 15 is 0 Å². The first-order chi connectivity index (χ1) is 16.5. The summed E-state index contributed by atoms with van der Waals surface area (Å²) >= 11 is 0. The number of anilines is 3. The molecule has 0 atom stereocenters. The number of carbonyl (C=O) groups is 2. The third kappa shape index (κ3) is 6.74. The van der Waals surface area contributed by atoms with Gasteiger partial charge < -0.3 is 25.2 Å². The fraction of sp³-hybridized carbons (Fsp3) is 0.259. The molecule has 0 aliphatic carbocycles. The van der Waals surface area contributed by atoms with Gasteiger partial charge in [-0.1, -0.05) is 12.1 Å². The van der Waals surface area contributed by atoms with Gasteiger partial charge in [0.1, 0.15) is 5.75 Å². The molecule has 1 aliphatic heterocycles. The molecule has 3 aromatic carbocycles. The van der Waals surface area contributed by atoms with Crippen LogP contribution in [0, 0.1) is 0 Å². The summed E-state index contributed by atoms with van der Waals surface area (Å²) in [6.45, 7) is 4.10. The summed E-state index contributed by atoms with van der Waals surface area (Å²) in [6.07, 6.45) is 1.12. The van der Waals surface area contributed by atoms with Gasteiger partial charge in [-0.05, 0) is 80.7 Å². The van der Waals surface area contributed by atoms with Crippen molar-refractivity contribution in [2.45, 2.75) is 6.42 Å². The molecule has 0 spiro atoms. The number of hydrogen-bond acceptors (Lipinski definition) is 5. The van der Waals surface area contributed by atoms with Crippen molar-refractivity contribution in [3.05, 3.63) is 83.9 Å². The zero-order valence-corrected chi connectivity index (χ0v) is 20.8. The first kappa shape index (κ1) is 26.1. The lowest BCUT2D eigenvalue weighted by molar-refractivity contribution is 0.102. The summed E-state index contributed by atoms with van der Waals surface area (Å²) in [5.74, 6) is 0.147. The van der Waals surface area contributed by atoms with E-state index in [1.807, 2.05) is 24.3 Å². The van der Waals surface area contributed by atoms with Crippen LogP contribution >= 0.6 is 12.4 Å². The van der Waals surface area contributed by atoms with E-state index in [0.29, 0.717) is 28.3 Å². The summed E-state index contributed by atoms with van der Waals surface area (Å²) in [5.41, 5.74) is 3.14. The lowest BCUT2D eigenvalue weighted by Crippen LogP contribution is -2.28. The van der Waals surface area contributed by atoms with Gasteiger partial charge in [0.25, 0.3) is 11.8 Å². The van der Waals surface area contributed by atoms with E-state index in [-0.39, 0.29) is 24.2 Å². The Morgan fingerprint density at radius 1 is 0.800 bits per heavy atom. The Bertz CT molecular complexity index is 1140. The average molecular weight is 495 g/mol. The summed E-state index contributed by atoms with van der Waals surface area (Å²) in [5, 5.41) is 5.75. The van der Waals surface area contributed by atoms with Crippen LogP contribution in [-0.4, -0.2) is 57.1 Å². The predicted molar refractivity (Wildman–Crippen MR) is 143 cm³/mol. The Morgan fingerprint density at radius 2 is 1.51 bits per heavy atom. The number of benzene rings is 3. The van der Waals surface area contributed by atoms with Gasteiger partial charge >= 0.3 is 0 Å². The Hall–Kier alpha value is -3.55. The molecule has 1 heterocycles. The number of nitrogens with one attached hydrogen (secondary N) is 2. The maximum absolute atomic E-state index is 12.9. The van der Waals surface area contributed by atoms with Gasteiger partial charge in [0.15, 0.2) is 0 Å². The number of nitrogens with zero attached hydrogens (tertiary/aromatic N) is 2. The van der Waals surface area contributed by atoms with Crippen LogP contribution in [0.15, 0.2) is 72.8 Å². The van der Waals surface area contributed by atoms with Crippen molar-refractivity contribution < 1.29 is 14.3 Å². The molecule has 0 saturated carbocycles. The van der Waals surface area contributed by atoms with E-state index in [0.717, 1.165) is 38.3 Å². The second kappa shape index (κ2) is 12.2. The summed E-state index contributed by atoms with van der Waals surface area (Å²) in [7, 11) is 3.74. The highest BCUT2D eigenvalue weighted by atomic mass is 35.5. The van der Waals surface area contributed by atoms with Crippen LogP contribution in [0.3, 0.4) is 0 Å². The van der Waals surface area contributed by atoms with E-state index in [1.165, 1.54) is 0 Å². The molecule has 0 aromatic heterocycles. The summed E-state index contributed by atoms with van der Waals surface area (Å²) in [6, 6.07) is 21.7. The highest BCUT2D eigenvalue weighted by molar-refractivity contribution is 6.12. The molecule has 1 saturated heterocycles. The zero-order chi connectivity index (χ0) is 23.9. The number of ether oxygens (including phenoxy) is 1. The van der Waals surface area contributed by atoms with E-state index < -0.39 is 0 Å². The van der Waals surface area contributed by atoms with Crippen molar-refractivity contribution in [3.63, 3.8) is 0 Å². The predicted octanol–water partition coefficient (Wildman–Crippen LogP) is 4.76. The van der Waals surface area contributed by atoms with Crippen LogP contribution in [0.5, 0.6) is 5.75 Å². The van der Waals surface area contributed by atoms with Crippen LogP contribution in [0.1, 0.15) is 27.1 Å². The highest BCUT2D eigenvalue weighted by Crippen LogP contribution is 2.22. The number of amides is 2. The molecule has 3 aromatic rings. The third-order valence-electron chi connectivity index (χ3n) is 5.98. The molecule has 0 radical (unpaired) electrons. The van der Waals surface area contributed by atoms with E-state index in [4.69, 9.17) is 4.74 Å². The second-order valence-corrected chi connectivity index (χ2v) is 8.37. The Morgan fingerprint density at radius 3 is 2.23 bits per heavy atom. The molecule has 7 nitrogen and oxygen atoms in total. The van der Waals surface area contributed by atoms with Gasteiger partial charge in [-0.15, -0.1) is 12.4 Å². The molecule has 1 fully saturated rings. The summed E-state index contributed by atoms with van der Waals surface area (Å²) < 4.78 is 5.15. The number of hydrogen-bond donors (Lipinski definition) is 2. The number of methoxy groups -OCH3 is 1. The molecule has 1 aliphatic rings. The van der Waals surface area contributed by atoms with E-state index in [2.05, 4.69) is 27.5 Å². The molecular formula is C27H31ClN4O3. The normalized spacial score (nSPS) is 13.8. The molecule has 0 unspecified atom stereocenters. The highest BCUT2D eigenvalue weighted by Gasteiger charge is 2.16. The van der Waals surface area contributed by atoms with Crippen molar-refractivity contribution in [1.29, 1.82) is 0 Å². The number of halogens is 1. The monoisotopic (exact) mass is 494 g/mol. The van der Waals surface area contributed by atoms with Crippen LogP contribution in [0.4, 0.5) is 17.1 Å². The van der Waals surface area contributed by atoms with Crippen LogP contribution in [0.25, 0.3) is 0 Å². The first-order valence-electron chi connectivity index (χ1n) is 11.4. The number of carbonyl (C=O) groups excluding carboxylic acids is 2. The minimum Gasteiger partial charge on any atom is -0.497 e. The van der Waals surface area contributed by atoms with Gasteiger partial charge in [-0.2, -0.15) is 0 Å². The Kier molecular flexibility index (Phi) is 9.11. The van der Waals surface area contributed by atoms with Gasteiger partial charge in [-0.25, -0.2) is 0 Å². The molecule has 8 heteroatoms. The molecular weight excluding hydrogens is 464 g/mol. The fourth-order valence-electron chi connectivity index (χ4n) is 3.99. The standard InChI is InChI=1S/C27H30N4O3.ClH/c1-30-16-5-17-31(19-18-30)22-12-8-20(9-13-22)26(32)29-25-7-4-3-6-24(25)27(33)28-21-10-14-23(34-2)15-11-21;/h3-4,6-15H,5,16-19H2,1-2H3,(H,28,33)(H,29,32);1H. The average Bonchev–Trinajstić information content (AvgIpc) is 3.09. The van der Waals surface area contributed by atoms with Gasteiger partial charge in [-0.3, -0.25) is 9.59 Å². The SMILES string of the molecule is COc1ccc(NC(=O)c2ccccc2NC(=O)c2ccc(N3CCCN(C)CC3)cc2)cc1.Cl. The maximum atomic E-state index is 12.9. The molecule has 2 N–H and O–H groups in total. The number of para-hydroxylation sites is 1. The quantitative estimate of drug-likeness (QED) is 0.516. The minimum absolute atomic E-state index is 0. The Balaban J connectivity index is 0.00000342. The molecule has 0 bridgehead atoms. The summed E-state index contributed by atoms with van der Waals surface area (Å²) in [4.78, 5) is 30.5. The fourth-order valence-corrected chi connectivity index (χ4v) is 3.99. The van der Waals surface area contributed by atoms with Crippen molar-refractivity contribution in [2.24, 2.45) is 0 Å². The van der Waals surface area contributed by atoms with Crippen molar-refractivity contribution in [3.8, 4) is 5.75 Å². The lowest BCUT2D eigenvalue weighted by atomic mass is 10.1. The van der Waals surface area contributed by atoms with Crippen LogP contribution in [-0.2, 0) is 0 Å². The van der Waals surface area contributed by atoms with Crippen molar-refractivity contribution in [2.75, 3.05) is 55.9 Å². The number of rotatable bonds is 6. The van der Waals surface area contributed by atoms with Crippen molar-refractivity contribution >= 4 is 41.3 Å². The van der Waals surface area contributed by atoms with Gasteiger partial charge in [0.05, 0.1) is 18.4 Å². The molecule has 2 amide bonds. The maximum Gasteiger partial charge on any atom is 0.257 e. The van der Waals surface area contributed by atoms with Crippen LogP contribution in [0.2, 0.25) is 0 Å². The molecule has 35 heavy (non-hydrogen) atoms. The largest absolute Gasteiger partial charge is 0.497 e. The first-order valence-corrected chi connectivity index (χ1v) is 11.4. The third-order valence-corrected chi connectivity index (χ3v) is 5.98. The zero-order valence-electron chi connectivity index (χ0n) is 20.0. The van der Waals surface area contributed by atoms with E-state index in [9.17, 15) is 9.59 Å². The number of likely N-dealkylation sites (N-methyl/N-ethyl adjacent to an activating group) is 1. The smallest absolute Gasteiger partial charge is 0.257 e. The molecule has 4 rings (SSSR count). The van der Waals surface area contributed by atoms with E-state index in [1.54, 1.807) is 55.6 Å².